The van der Waals surface area contributed by atoms with E-state index in [0.29, 0.717) is 11.4 Å². The van der Waals surface area contributed by atoms with E-state index in [4.69, 9.17) is 10.5 Å². The minimum Gasteiger partial charge on any atom is -0.497 e. The summed E-state index contributed by atoms with van der Waals surface area (Å²) >= 11 is 4.62. The van der Waals surface area contributed by atoms with Crippen LogP contribution in [0.4, 0.5) is 17.1 Å². The van der Waals surface area contributed by atoms with Crippen LogP contribution in [0.25, 0.3) is 0 Å². The molecular weight excluding hydrogens is 346 g/mol. The van der Waals surface area contributed by atoms with Gasteiger partial charge in [0, 0.05) is 17.8 Å². The zero-order chi connectivity index (χ0) is 18.4. The lowest BCUT2D eigenvalue weighted by Gasteiger charge is -2.13. The predicted molar refractivity (Wildman–Crippen MR) is 96.8 cm³/mol. The molecule has 0 aromatic heterocycles. The standard InChI is InChI=1S/C15H15N5O4S/c1-24-11-5-2-9(3-6-11)17-13-8-10(20(22)23)4-7-12(13)14(21)18-19-15(16)25/h2-8,17H,1H3,(H,18,21)(H3,16,19,25). The van der Waals surface area contributed by atoms with Crippen molar-refractivity contribution >= 4 is 40.3 Å². The van der Waals surface area contributed by atoms with Crippen molar-refractivity contribution in [3.63, 3.8) is 0 Å². The zero-order valence-electron chi connectivity index (χ0n) is 13.1. The first kappa shape index (κ1) is 17.9. The van der Waals surface area contributed by atoms with Gasteiger partial charge in [-0.1, -0.05) is 0 Å². The zero-order valence-corrected chi connectivity index (χ0v) is 13.9. The highest BCUT2D eigenvalue weighted by atomic mass is 32.1. The fourth-order valence-electron chi connectivity index (χ4n) is 1.96. The molecule has 2 aromatic rings. The number of hydrogen-bond acceptors (Lipinski definition) is 6. The van der Waals surface area contributed by atoms with E-state index >= 15 is 0 Å². The fraction of sp³-hybridized carbons (Fsp3) is 0.0667. The van der Waals surface area contributed by atoms with Crippen molar-refractivity contribution in [1.82, 2.24) is 10.9 Å². The molecule has 0 heterocycles. The number of non-ortho nitro benzene ring substituents is 1. The van der Waals surface area contributed by atoms with Gasteiger partial charge in [0.05, 0.1) is 23.3 Å². The third-order valence-electron chi connectivity index (χ3n) is 3.13. The molecule has 25 heavy (non-hydrogen) atoms. The predicted octanol–water partition coefficient (Wildman–Crippen LogP) is 1.82. The van der Waals surface area contributed by atoms with E-state index in [-0.39, 0.29) is 22.1 Å². The van der Waals surface area contributed by atoms with E-state index in [1.165, 1.54) is 18.2 Å². The van der Waals surface area contributed by atoms with Crippen LogP contribution in [0.3, 0.4) is 0 Å². The number of carbonyl (C=O) groups excluding carboxylic acids is 1. The number of nitro groups is 1. The van der Waals surface area contributed by atoms with Crippen LogP contribution in [-0.4, -0.2) is 23.1 Å². The largest absolute Gasteiger partial charge is 0.497 e. The number of hydrogen-bond donors (Lipinski definition) is 4. The number of benzene rings is 2. The van der Waals surface area contributed by atoms with Gasteiger partial charge in [0.25, 0.3) is 11.6 Å². The van der Waals surface area contributed by atoms with Gasteiger partial charge in [0.15, 0.2) is 5.11 Å². The third-order valence-corrected chi connectivity index (χ3v) is 3.23. The first-order chi connectivity index (χ1) is 11.9. The summed E-state index contributed by atoms with van der Waals surface area (Å²) in [6.45, 7) is 0. The molecule has 0 saturated heterocycles. The normalized spacial score (nSPS) is 9.80. The number of rotatable bonds is 5. The number of nitrogens with two attached hydrogens (primary N) is 1. The summed E-state index contributed by atoms with van der Waals surface area (Å²) in [6, 6.07) is 10.7. The number of nitrogens with one attached hydrogen (secondary N) is 3. The Kier molecular flexibility index (Phi) is 5.69. The molecule has 0 unspecified atom stereocenters. The van der Waals surface area contributed by atoms with Crippen LogP contribution in [0.15, 0.2) is 42.5 Å². The Hall–Kier alpha value is -3.40. The van der Waals surface area contributed by atoms with E-state index < -0.39 is 10.8 Å². The number of methoxy groups -OCH3 is 1. The van der Waals surface area contributed by atoms with Crippen LogP contribution in [0.1, 0.15) is 10.4 Å². The molecule has 5 N–H and O–H groups in total. The summed E-state index contributed by atoms with van der Waals surface area (Å²) in [7, 11) is 1.54. The first-order valence-corrected chi connectivity index (χ1v) is 7.37. The van der Waals surface area contributed by atoms with Crippen molar-refractivity contribution in [1.29, 1.82) is 0 Å². The van der Waals surface area contributed by atoms with Crippen molar-refractivity contribution < 1.29 is 14.5 Å². The molecule has 9 nitrogen and oxygen atoms in total. The van der Waals surface area contributed by atoms with Crippen LogP contribution in [-0.2, 0) is 0 Å². The molecule has 0 fully saturated rings. The molecule has 0 radical (unpaired) electrons. The van der Waals surface area contributed by atoms with Gasteiger partial charge in [-0.2, -0.15) is 0 Å². The number of carbonyl (C=O) groups is 1. The molecule has 0 bridgehead atoms. The quantitative estimate of drug-likeness (QED) is 0.360. The molecule has 2 aromatic carbocycles. The molecule has 2 rings (SSSR count). The summed E-state index contributed by atoms with van der Waals surface area (Å²) in [6.07, 6.45) is 0. The SMILES string of the molecule is COc1ccc(Nc2cc([N+](=O)[O-])ccc2C(=O)NNC(N)=S)cc1. The van der Waals surface area contributed by atoms with Gasteiger partial charge in [-0.15, -0.1) is 0 Å². The molecule has 130 valence electrons. The number of nitro benzene ring substituents is 1. The van der Waals surface area contributed by atoms with Crippen LogP contribution in [0.2, 0.25) is 0 Å². The van der Waals surface area contributed by atoms with E-state index in [9.17, 15) is 14.9 Å². The molecule has 0 aliphatic carbocycles. The maximum absolute atomic E-state index is 12.2. The van der Waals surface area contributed by atoms with Gasteiger partial charge < -0.3 is 15.8 Å². The van der Waals surface area contributed by atoms with Gasteiger partial charge in [0.1, 0.15) is 5.75 Å². The van der Waals surface area contributed by atoms with Gasteiger partial charge in [-0.3, -0.25) is 25.8 Å². The Labute approximate surface area is 148 Å². The molecule has 0 spiro atoms. The highest BCUT2D eigenvalue weighted by molar-refractivity contribution is 7.80. The van der Waals surface area contributed by atoms with Crippen molar-refractivity contribution in [2.75, 3.05) is 12.4 Å². The van der Waals surface area contributed by atoms with Crippen LogP contribution < -0.4 is 26.6 Å². The minimum absolute atomic E-state index is 0.111. The molecule has 0 atom stereocenters. The molecule has 0 aliphatic rings. The Bertz CT molecular complexity index is 810. The number of ether oxygens (including phenoxy) is 1. The van der Waals surface area contributed by atoms with Gasteiger partial charge in [-0.05, 0) is 42.5 Å². The summed E-state index contributed by atoms with van der Waals surface area (Å²) < 4.78 is 5.07. The lowest BCUT2D eigenvalue weighted by molar-refractivity contribution is -0.384. The van der Waals surface area contributed by atoms with Crippen LogP contribution in [0.5, 0.6) is 5.75 Å². The lowest BCUT2D eigenvalue weighted by atomic mass is 10.1. The fourth-order valence-corrected chi connectivity index (χ4v) is 2.01. The number of thiocarbonyl (C=S) groups is 1. The number of nitrogens with zero attached hydrogens (tertiary/aromatic N) is 1. The topological polar surface area (TPSA) is 132 Å². The highest BCUT2D eigenvalue weighted by Gasteiger charge is 2.16. The molecule has 1 amide bonds. The summed E-state index contributed by atoms with van der Waals surface area (Å²) in [4.78, 5) is 22.7. The molecule has 0 aliphatic heterocycles. The van der Waals surface area contributed by atoms with Crippen molar-refractivity contribution in [3.8, 4) is 5.75 Å². The van der Waals surface area contributed by atoms with E-state index in [2.05, 4.69) is 28.4 Å². The third kappa shape index (κ3) is 4.78. The maximum atomic E-state index is 12.2. The summed E-state index contributed by atoms with van der Waals surface area (Å²) in [5, 5.41) is 13.9. The summed E-state index contributed by atoms with van der Waals surface area (Å²) in [5.74, 6) is 0.0990. The number of amides is 1. The average molecular weight is 361 g/mol. The van der Waals surface area contributed by atoms with Gasteiger partial charge in [-0.25, -0.2) is 0 Å². The second-order valence-electron chi connectivity index (χ2n) is 4.78. The molecular formula is C15H15N5O4S. The van der Waals surface area contributed by atoms with Crippen molar-refractivity contribution in [3.05, 3.63) is 58.1 Å². The Morgan fingerprint density at radius 3 is 2.44 bits per heavy atom. The monoisotopic (exact) mass is 361 g/mol. The molecule has 0 saturated carbocycles. The van der Waals surface area contributed by atoms with E-state index in [0.717, 1.165) is 0 Å². The second kappa shape index (κ2) is 7.93. The summed E-state index contributed by atoms with van der Waals surface area (Å²) in [5.41, 5.74) is 10.8. The average Bonchev–Trinajstić information content (AvgIpc) is 2.60. The Morgan fingerprint density at radius 2 is 1.88 bits per heavy atom. The lowest BCUT2D eigenvalue weighted by Crippen LogP contribution is -2.44. The second-order valence-corrected chi connectivity index (χ2v) is 5.22. The Balaban J connectivity index is 2.33. The van der Waals surface area contributed by atoms with Crippen molar-refractivity contribution in [2.45, 2.75) is 0 Å². The van der Waals surface area contributed by atoms with Crippen LogP contribution >= 0.6 is 12.2 Å². The maximum Gasteiger partial charge on any atom is 0.271 e. The van der Waals surface area contributed by atoms with Gasteiger partial charge >= 0.3 is 0 Å². The van der Waals surface area contributed by atoms with Crippen LogP contribution in [0, 0.1) is 10.1 Å². The van der Waals surface area contributed by atoms with E-state index in [1.807, 2.05) is 0 Å². The van der Waals surface area contributed by atoms with E-state index in [1.54, 1.807) is 31.4 Å². The Morgan fingerprint density at radius 1 is 1.20 bits per heavy atom. The minimum atomic E-state index is -0.557. The van der Waals surface area contributed by atoms with Gasteiger partial charge in [0.2, 0.25) is 0 Å². The first-order valence-electron chi connectivity index (χ1n) is 6.96. The number of hydrazine groups is 1. The smallest absolute Gasteiger partial charge is 0.271 e. The highest BCUT2D eigenvalue weighted by Crippen LogP contribution is 2.27. The number of anilines is 2. The molecule has 10 heteroatoms. The van der Waals surface area contributed by atoms with Crippen molar-refractivity contribution in [2.24, 2.45) is 5.73 Å².